The number of aromatic nitrogens is 4. The molecule has 0 unspecified atom stereocenters. The Kier molecular flexibility index (Phi) is 6.22. The largest absolute Gasteiger partial charge is 0.351 e. The zero-order chi connectivity index (χ0) is 23.5. The van der Waals surface area contributed by atoms with E-state index in [2.05, 4.69) is 56.6 Å². The number of amides is 1. The third-order valence-corrected chi connectivity index (χ3v) is 6.40. The summed E-state index contributed by atoms with van der Waals surface area (Å²) < 4.78 is 0. The number of hydrogen-bond acceptors (Lipinski definition) is 6. The Morgan fingerprint density at radius 3 is 2.88 bits per heavy atom. The van der Waals surface area contributed by atoms with E-state index in [4.69, 9.17) is 10.7 Å². The average molecular weight is 456 g/mol. The summed E-state index contributed by atoms with van der Waals surface area (Å²) in [4.78, 5) is 23.8. The monoisotopic (exact) mass is 455 g/mol. The molecule has 1 aliphatic heterocycles. The summed E-state index contributed by atoms with van der Waals surface area (Å²) in [6, 6.07) is 10.5. The van der Waals surface area contributed by atoms with Crippen molar-refractivity contribution in [1.82, 2.24) is 20.2 Å². The second-order valence-electron chi connectivity index (χ2n) is 8.82. The zero-order valence-electron chi connectivity index (χ0n) is 19.3. The molecule has 8 heteroatoms. The predicted octanol–water partition coefficient (Wildman–Crippen LogP) is 3.96. The van der Waals surface area contributed by atoms with Crippen LogP contribution in [0.2, 0.25) is 0 Å². The van der Waals surface area contributed by atoms with E-state index in [-0.39, 0.29) is 5.91 Å². The number of carbonyl (C=O) groups excluding carboxylic acids is 1. The van der Waals surface area contributed by atoms with Crippen molar-refractivity contribution < 1.29 is 4.79 Å². The molecule has 4 aromatic rings. The molecule has 0 atom stereocenters. The molecule has 0 aliphatic carbocycles. The van der Waals surface area contributed by atoms with Gasteiger partial charge >= 0.3 is 0 Å². The van der Waals surface area contributed by atoms with Crippen LogP contribution in [-0.4, -0.2) is 39.2 Å². The smallest absolute Gasteiger partial charge is 0.224 e. The van der Waals surface area contributed by atoms with Gasteiger partial charge in [0.2, 0.25) is 5.91 Å². The van der Waals surface area contributed by atoms with Crippen LogP contribution in [0.4, 0.5) is 11.5 Å². The minimum absolute atomic E-state index is 0.0325. The van der Waals surface area contributed by atoms with Gasteiger partial charge < -0.3 is 16.0 Å². The van der Waals surface area contributed by atoms with Gasteiger partial charge in [-0.1, -0.05) is 6.07 Å². The van der Waals surface area contributed by atoms with Crippen LogP contribution in [0.3, 0.4) is 0 Å². The van der Waals surface area contributed by atoms with Crippen LogP contribution in [0.1, 0.15) is 36.0 Å². The molecular formula is C26H29N7O. The summed E-state index contributed by atoms with van der Waals surface area (Å²) in [5.74, 6) is 0.963. The van der Waals surface area contributed by atoms with Crippen LogP contribution >= 0.6 is 0 Å². The molecule has 0 spiro atoms. The van der Waals surface area contributed by atoms with E-state index in [1.54, 1.807) is 6.33 Å². The van der Waals surface area contributed by atoms with Crippen LogP contribution in [0.15, 0.2) is 49.1 Å². The predicted molar refractivity (Wildman–Crippen MR) is 135 cm³/mol. The molecule has 34 heavy (non-hydrogen) atoms. The van der Waals surface area contributed by atoms with Crippen molar-refractivity contribution in [3.63, 3.8) is 0 Å². The Hall–Kier alpha value is -3.78. The molecule has 1 aliphatic rings. The number of rotatable bonds is 7. The first kappa shape index (κ1) is 22.0. The molecule has 0 radical (unpaired) electrons. The lowest BCUT2D eigenvalue weighted by Gasteiger charge is -2.31. The summed E-state index contributed by atoms with van der Waals surface area (Å²) in [5, 5.41) is 11.0. The van der Waals surface area contributed by atoms with Gasteiger partial charge in [0.15, 0.2) is 0 Å². The summed E-state index contributed by atoms with van der Waals surface area (Å²) in [6.07, 6.45) is 8.46. The Bertz CT molecular complexity index is 1320. The molecule has 0 fully saturated rings. The second kappa shape index (κ2) is 9.61. The van der Waals surface area contributed by atoms with Gasteiger partial charge in [-0.25, -0.2) is 9.97 Å². The summed E-state index contributed by atoms with van der Waals surface area (Å²) in [6.45, 7) is 4.30. The van der Waals surface area contributed by atoms with Gasteiger partial charge in [0.1, 0.15) is 12.1 Å². The fourth-order valence-electron chi connectivity index (χ4n) is 4.63. The number of unbranched alkanes of at least 4 members (excludes halogenated alkanes) is 1. The average Bonchev–Trinajstić information content (AvgIpc) is 3.39. The standard InChI is InChI=1S/C26H29N7O/c1-17-10-19(21-13-30-31-14-21)12-23-25(17)28-16-29-26(23)33-9-7-18-5-6-22(11-20(18)15-33)32-24(34)4-2-3-8-27/h5-6,10-14,16H,2-4,7-9,15,27H2,1H3,(H,30,31)(H,32,34). The van der Waals surface area contributed by atoms with Crippen LogP contribution in [-0.2, 0) is 17.8 Å². The van der Waals surface area contributed by atoms with E-state index in [0.29, 0.717) is 13.0 Å². The number of carbonyl (C=O) groups is 1. The van der Waals surface area contributed by atoms with E-state index in [1.807, 2.05) is 18.5 Å². The van der Waals surface area contributed by atoms with Crippen molar-refractivity contribution in [3.8, 4) is 11.1 Å². The molecule has 5 rings (SSSR count). The third-order valence-electron chi connectivity index (χ3n) is 6.40. The maximum absolute atomic E-state index is 12.3. The van der Waals surface area contributed by atoms with Gasteiger partial charge in [-0.15, -0.1) is 0 Å². The highest BCUT2D eigenvalue weighted by Gasteiger charge is 2.21. The van der Waals surface area contributed by atoms with Crippen molar-refractivity contribution in [1.29, 1.82) is 0 Å². The maximum atomic E-state index is 12.3. The van der Waals surface area contributed by atoms with Crippen molar-refractivity contribution in [2.24, 2.45) is 5.73 Å². The topological polar surface area (TPSA) is 113 Å². The van der Waals surface area contributed by atoms with E-state index in [9.17, 15) is 4.79 Å². The molecular weight excluding hydrogens is 426 g/mol. The molecule has 1 amide bonds. The minimum Gasteiger partial charge on any atom is -0.351 e. The fourth-order valence-corrected chi connectivity index (χ4v) is 4.63. The Balaban J connectivity index is 1.42. The van der Waals surface area contributed by atoms with E-state index < -0.39 is 0 Å². The van der Waals surface area contributed by atoms with Crippen molar-refractivity contribution in [3.05, 3.63) is 65.7 Å². The Morgan fingerprint density at radius 2 is 2.06 bits per heavy atom. The van der Waals surface area contributed by atoms with Crippen LogP contribution < -0.4 is 16.0 Å². The highest BCUT2D eigenvalue weighted by Crippen LogP contribution is 2.33. The summed E-state index contributed by atoms with van der Waals surface area (Å²) in [7, 11) is 0. The maximum Gasteiger partial charge on any atom is 0.224 e. The number of aromatic amines is 1. The molecule has 4 N–H and O–H groups in total. The Labute approximate surface area is 198 Å². The third kappa shape index (κ3) is 4.49. The summed E-state index contributed by atoms with van der Waals surface area (Å²) >= 11 is 0. The normalized spacial score (nSPS) is 13.2. The van der Waals surface area contributed by atoms with Gasteiger partial charge in [0.05, 0.1) is 11.7 Å². The molecule has 0 saturated carbocycles. The molecule has 3 heterocycles. The summed E-state index contributed by atoms with van der Waals surface area (Å²) in [5.41, 5.74) is 13.1. The number of nitrogens with one attached hydrogen (secondary N) is 2. The van der Waals surface area contributed by atoms with Crippen LogP contribution in [0.5, 0.6) is 0 Å². The highest BCUT2D eigenvalue weighted by molar-refractivity contribution is 5.95. The van der Waals surface area contributed by atoms with Gasteiger partial charge in [0.25, 0.3) is 0 Å². The number of benzene rings is 2. The van der Waals surface area contributed by atoms with E-state index in [0.717, 1.165) is 71.5 Å². The molecule has 2 aromatic carbocycles. The first-order chi connectivity index (χ1) is 16.6. The lowest BCUT2D eigenvalue weighted by Crippen LogP contribution is -2.31. The van der Waals surface area contributed by atoms with E-state index >= 15 is 0 Å². The molecule has 0 bridgehead atoms. The SMILES string of the molecule is Cc1cc(-c2cn[nH]c2)cc2c(N3CCc4ccc(NC(=O)CCCCN)cc4C3)ncnc12. The molecule has 2 aromatic heterocycles. The highest BCUT2D eigenvalue weighted by atomic mass is 16.1. The zero-order valence-corrected chi connectivity index (χ0v) is 19.3. The van der Waals surface area contributed by atoms with Crippen molar-refractivity contribution in [2.75, 3.05) is 23.3 Å². The van der Waals surface area contributed by atoms with Gasteiger partial charge in [0, 0.05) is 42.3 Å². The quantitative estimate of drug-likeness (QED) is 0.364. The van der Waals surface area contributed by atoms with Crippen molar-refractivity contribution in [2.45, 2.75) is 39.2 Å². The van der Waals surface area contributed by atoms with Gasteiger partial charge in [-0.05, 0) is 79.3 Å². The number of aryl methyl sites for hydroxylation is 1. The second-order valence-corrected chi connectivity index (χ2v) is 8.82. The van der Waals surface area contributed by atoms with Crippen molar-refractivity contribution >= 4 is 28.3 Å². The number of nitrogens with zero attached hydrogens (tertiary/aromatic N) is 4. The van der Waals surface area contributed by atoms with Gasteiger partial charge in [-0.3, -0.25) is 9.89 Å². The first-order valence-electron chi connectivity index (χ1n) is 11.7. The lowest BCUT2D eigenvalue weighted by molar-refractivity contribution is -0.116. The Morgan fingerprint density at radius 1 is 1.15 bits per heavy atom. The van der Waals surface area contributed by atoms with Crippen LogP contribution in [0, 0.1) is 6.92 Å². The first-order valence-corrected chi connectivity index (χ1v) is 11.7. The number of fused-ring (bicyclic) bond motifs is 2. The minimum atomic E-state index is 0.0325. The molecule has 8 nitrogen and oxygen atoms in total. The van der Waals surface area contributed by atoms with E-state index in [1.165, 1.54) is 11.1 Å². The number of H-pyrrole nitrogens is 1. The number of anilines is 2. The van der Waals surface area contributed by atoms with Crippen LogP contribution in [0.25, 0.3) is 22.0 Å². The van der Waals surface area contributed by atoms with Gasteiger partial charge in [-0.2, -0.15) is 5.10 Å². The number of nitrogens with two attached hydrogens (primary N) is 1. The molecule has 0 saturated heterocycles. The fraction of sp³-hybridized carbons (Fsp3) is 0.308. The number of hydrogen-bond donors (Lipinski definition) is 3. The molecule has 174 valence electrons. The lowest BCUT2D eigenvalue weighted by atomic mass is 9.98.